The van der Waals surface area contributed by atoms with Crippen LogP contribution in [0.15, 0.2) is 16.6 Å². The number of hydrogen-bond acceptors (Lipinski definition) is 3. The van der Waals surface area contributed by atoms with Crippen LogP contribution >= 0.6 is 28.3 Å². The minimum atomic E-state index is -2.61. The number of halogens is 4. The van der Waals surface area contributed by atoms with Crippen LogP contribution in [-0.4, -0.2) is 13.2 Å². The zero-order valence-electron chi connectivity index (χ0n) is 7.95. The molecule has 0 spiro atoms. The number of ether oxygens (including phenoxy) is 2. The van der Waals surface area contributed by atoms with Gasteiger partial charge in [-0.3, -0.25) is 0 Å². The van der Waals surface area contributed by atoms with E-state index in [-0.39, 0.29) is 19.2 Å². The van der Waals surface area contributed by atoms with Gasteiger partial charge in [0, 0.05) is 4.47 Å². The Balaban J connectivity index is 0.00000128. The van der Waals surface area contributed by atoms with Crippen LogP contribution in [0.5, 0.6) is 11.5 Å². The number of nitrogens with two attached hydrogens (primary N) is 1. The average molecular weight is 317 g/mol. The van der Waals surface area contributed by atoms with E-state index in [0.717, 1.165) is 0 Å². The predicted molar refractivity (Wildman–Crippen MR) is 60.4 cm³/mol. The fourth-order valence-electron chi connectivity index (χ4n) is 1.32. The fraction of sp³-hybridized carbons (Fsp3) is 0.333. The number of benzene rings is 1. The molecule has 1 aromatic carbocycles. The Hall–Kier alpha value is -0.590. The van der Waals surface area contributed by atoms with Crippen molar-refractivity contribution in [2.45, 2.75) is 12.5 Å². The van der Waals surface area contributed by atoms with Crippen molar-refractivity contribution in [2.24, 2.45) is 5.73 Å². The first-order chi connectivity index (χ1) is 7.09. The van der Waals surface area contributed by atoms with Gasteiger partial charge < -0.3 is 15.2 Å². The molecule has 2 N–H and O–H groups in total. The third-order valence-corrected chi connectivity index (χ3v) is 2.81. The molecule has 3 nitrogen and oxygen atoms in total. The summed E-state index contributed by atoms with van der Waals surface area (Å²) in [5.41, 5.74) is 5.67. The van der Waals surface area contributed by atoms with Gasteiger partial charge in [0.1, 0.15) is 0 Å². The molecule has 0 amide bonds. The molecular weight excluding hydrogens is 307 g/mol. The molecule has 1 heterocycles. The number of hydrogen-bond donors (Lipinski definition) is 1. The van der Waals surface area contributed by atoms with Crippen molar-refractivity contribution < 1.29 is 18.3 Å². The fourth-order valence-corrected chi connectivity index (χ4v) is 1.91. The third-order valence-electron chi connectivity index (χ3n) is 2.12. The summed E-state index contributed by atoms with van der Waals surface area (Å²) >= 11 is 3.17. The van der Waals surface area contributed by atoms with Crippen LogP contribution in [0.3, 0.4) is 0 Å². The Morgan fingerprint density at radius 1 is 1.25 bits per heavy atom. The molecule has 0 bridgehead atoms. The Bertz CT molecular complexity index is 392. The second-order valence-electron chi connectivity index (χ2n) is 3.09. The normalized spacial score (nSPS) is 14.8. The van der Waals surface area contributed by atoms with Crippen molar-refractivity contribution >= 4 is 28.3 Å². The summed E-state index contributed by atoms with van der Waals surface area (Å²) in [6.45, 7) is 0.106. The molecule has 0 saturated carbocycles. The van der Waals surface area contributed by atoms with E-state index in [1.807, 2.05) is 0 Å². The Morgan fingerprint density at radius 2 is 1.81 bits per heavy atom. The van der Waals surface area contributed by atoms with Crippen molar-refractivity contribution in [1.82, 2.24) is 0 Å². The van der Waals surface area contributed by atoms with Crippen LogP contribution in [0.4, 0.5) is 8.78 Å². The van der Waals surface area contributed by atoms with Crippen LogP contribution in [0.2, 0.25) is 0 Å². The average Bonchev–Trinajstić information content (AvgIpc) is 2.62. The van der Waals surface area contributed by atoms with Gasteiger partial charge >= 0.3 is 0 Å². The van der Waals surface area contributed by atoms with Gasteiger partial charge in [0.2, 0.25) is 6.79 Å². The van der Waals surface area contributed by atoms with E-state index in [4.69, 9.17) is 15.2 Å². The van der Waals surface area contributed by atoms with E-state index in [2.05, 4.69) is 15.9 Å². The van der Waals surface area contributed by atoms with Crippen molar-refractivity contribution in [3.63, 3.8) is 0 Å². The van der Waals surface area contributed by atoms with Crippen molar-refractivity contribution in [3.05, 3.63) is 22.2 Å². The second kappa shape index (κ2) is 5.16. The molecule has 1 aliphatic heterocycles. The standard InChI is InChI=1S/C9H8BrF2NO2.ClH/c10-5-2-7-6(14-3-15-7)1-4(5)8(13)9(11)12;/h1-2,8-9H,3,13H2;1H/t8-;/m0./s1. The molecule has 90 valence electrons. The predicted octanol–water partition coefficient (Wildman–Crippen LogP) is 2.86. The maximum absolute atomic E-state index is 12.4. The van der Waals surface area contributed by atoms with E-state index >= 15 is 0 Å². The lowest BCUT2D eigenvalue weighted by Gasteiger charge is -2.13. The largest absolute Gasteiger partial charge is 0.454 e. The highest BCUT2D eigenvalue weighted by Crippen LogP contribution is 2.39. The summed E-state index contributed by atoms with van der Waals surface area (Å²) < 4.78 is 35.5. The SMILES string of the molecule is Cl.N[C@@H](c1cc2c(cc1Br)OCO2)C(F)F. The Kier molecular flexibility index (Phi) is 4.35. The Labute approximate surface area is 105 Å². The zero-order valence-corrected chi connectivity index (χ0v) is 10.4. The summed E-state index contributed by atoms with van der Waals surface area (Å²) in [5, 5.41) is 0. The quantitative estimate of drug-likeness (QED) is 0.912. The lowest BCUT2D eigenvalue weighted by Crippen LogP contribution is -2.19. The van der Waals surface area contributed by atoms with Gasteiger partial charge in [0.15, 0.2) is 11.5 Å². The minimum Gasteiger partial charge on any atom is -0.454 e. The Morgan fingerprint density at radius 3 is 2.38 bits per heavy atom. The van der Waals surface area contributed by atoms with Crippen LogP contribution < -0.4 is 15.2 Å². The van der Waals surface area contributed by atoms with Crippen LogP contribution in [0, 0.1) is 0 Å². The molecule has 0 saturated heterocycles. The van der Waals surface area contributed by atoms with Gasteiger partial charge in [-0.05, 0) is 17.7 Å². The van der Waals surface area contributed by atoms with Crippen LogP contribution in [-0.2, 0) is 0 Å². The molecule has 1 atom stereocenters. The van der Waals surface area contributed by atoms with Crippen LogP contribution in [0.1, 0.15) is 11.6 Å². The van der Waals surface area contributed by atoms with E-state index < -0.39 is 12.5 Å². The molecule has 1 aromatic rings. The van der Waals surface area contributed by atoms with Crippen LogP contribution in [0.25, 0.3) is 0 Å². The maximum atomic E-state index is 12.4. The molecular formula is C9H9BrClF2NO2. The van der Waals surface area contributed by atoms with E-state index in [1.165, 1.54) is 6.07 Å². The lowest BCUT2D eigenvalue weighted by molar-refractivity contribution is 0.116. The molecule has 0 radical (unpaired) electrons. The van der Waals surface area contributed by atoms with Gasteiger partial charge in [-0.1, -0.05) is 15.9 Å². The van der Waals surface area contributed by atoms with E-state index in [1.54, 1.807) is 6.07 Å². The molecule has 2 rings (SSSR count). The highest BCUT2D eigenvalue weighted by atomic mass is 79.9. The molecule has 1 aliphatic rings. The summed E-state index contributed by atoms with van der Waals surface area (Å²) in [4.78, 5) is 0. The van der Waals surface area contributed by atoms with Crippen molar-refractivity contribution in [2.75, 3.05) is 6.79 Å². The summed E-state index contributed by atoms with van der Waals surface area (Å²) in [7, 11) is 0. The molecule has 0 unspecified atom stereocenters. The zero-order chi connectivity index (χ0) is 11.0. The van der Waals surface area contributed by atoms with Gasteiger partial charge in [-0.15, -0.1) is 12.4 Å². The van der Waals surface area contributed by atoms with Gasteiger partial charge in [-0.25, -0.2) is 8.78 Å². The smallest absolute Gasteiger partial charge is 0.257 e. The molecule has 0 aromatic heterocycles. The highest BCUT2D eigenvalue weighted by Gasteiger charge is 2.24. The number of rotatable bonds is 2. The third kappa shape index (κ3) is 2.39. The van der Waals surface area contributed by atoms with Crippen molar-refractivity contribution in [1.29, 1.82) is 0 Å². The van der Waals surface area contributed by atoms with Gasteiger partial charge in [0.05, 0.1) is 6.04 Å². The minimum absolute atomic E-state index is 0. The summed E-state index contributed by atoms with van der Waals surface area (Å²) in [5.74, 6) is 0.983. The van der Waals surface area contributed by atoms with Crippen molar-refractivity contribution in [3.8, 4) is 11.5 Å². The maximum Gasteiger partial charge on any atom is 0.257 e. The van der Waals surface area contributed by atoms with E-state index in [0.29, 0.717) is 21.5 Å². The molecule has 0 aliphatic carbocycles. The van der Waals surface area contributed by atoms with E-state index in [9.17, 15) is 8.78 Å². The van der Waals surface area contributed by atoms with Gasteiger partial charge in [0.25, 0.3) is 6.43 Å². The number of fused-ring (bicyclic) bond motifs is 1. The molecule has 7 heteroatoms. The topological polar surface area (TPSA) is 44.5 Å². The summed E-state index contributed by atoms with van der Waals surface area (Å²) in [6, 6.07) is 1.73. The first kappa shape index (κ1) is 13.5. The molecule has 16 heavy (non-hydrogen) atoms. The second-order valence-corrected chi connectivity index (χ2v) is 3.94. The van der Waals surface area contributed by atoms with Gasteiger partial charge in [-0.2, -0.15) is 0 Å². The lowest BCUT2D eigenvalue weighted by atomic mass is 10.1. The first-order valence-corrected chi connectivity index (χ1v) is 5.01. The number of alkyl halides is 2. The highest BCUT2D eigenvalue weighted by molar-refractivity contribution is 9.10. The first-order valence-electron chi connectivity index (χ1n) is 4.22. The monoisotopic (exact) mass is 315 g/mol. The summed E-state index contributed by atoms with van der Waals surface area (Å²) in [6.07, 6.45) is -2.61. The molecule has 0 fully saturated rings.